The maximum Gasteiger partial charge on any atom is 0.231 e. The van der Waals surface area contributed by atoms with Gasteiger partial charge in [0.05, 0.1) is 0 Å². The summed E-state index contributed by atoms with van der Waals surface area (Å²) < 4.78 is 10.6. The highest BCUT2D eigenvalue weighted by molar-refractivity contribution is 5.98. The smallest absolute Gasteiger partial charge is 0.231 e. The summed E-state index contributed by atoms with van der Waals surface area (Å²) in [6, 6.07) is 5.46. The highest BCUT2D eigenvalue weighted by Crippen LogP contribution is 2.33. The van der Waals surface area contributed by atoms with Crippen LogP contribution in [0.4, 0.5) is 0 Å². The fourth-order valence-electron chi connectivity index (χ4n) is 2.95. The predicted octanol–water partition coefficient (Wildman–Crippen LogP) is 3.14. The molecule has 1 aromatic carbocycles. The van der Waals surface area contributed by atoms with E-state index in [1.54, 1.807) is 6.07 Å². The van der Waals surface area contributed by atoms with E-state index in [1.165, 1.54) is 19.3 Å². The van der Waals surface area contributed by atoms with Crippen molar-refractivity contribution in [1.29, 1.82) is 0 Å². The number of hydrogen-bond donors (Lipinski definition) is 0. The molecule has 21 heavy (non-hydrogen) atoms. The van der Waals surface area contributed by atoms with Crippen molar-refractivity contribution in [3.05, 3.63) is 23.8 Å². The van der Waals surface area contributed by atoms with Crippen LogP contribution in [-0.2, 0) is 0 Å². The van der Waals surface area contributed by atoms with Crippen molar-refractivity contribution < 1.29 is 14.3 Å². The average Bonchev–Trinajstić information content (AvgIpc) is 2.94. The number of ketones is 1. The van der Waals surface area contributed by atoms with Crippen LogP contribution in [-0.4, -0.2) is 37.1 Å². The monoisotopic (exact) mass is 311 g/mol. The van der Waals surface area contributed by atoms with E-state index in [9.17, 15) is 4.79 Å². The van der Waals surface area contributed by atoms with Gasteiger partial charge in [0.25, 0.3) is 0 Å². The first-order chi connectivity index (χ1) is 9.74. The zero-order valence-corrected chi connectivity index (χ0v) is 13.2. The van der Waals surface area contributed by atoms with Crippen molar-refractivity contribution in [3.63, 3.8) is 0 Å². The lowest BCUT2D eigenvalue weighted by atomic mass is 9.97. The first-order valence-corrected chi connectivity index (χ1v) is 7.40. The van der Waals surface area contributed by atoms with Gasteiger partial charge < -0.3 is 14.4 Å². The van der Waals surface area contributed by atoms with E-state index in [2.05, 4.69) is 4.90 Å². The quantitative estimate of drug-likeness (QED) is 0.801. The second kappa shape index (κ2) is 7.14. The maximum atomic E-state index is 12.5. The molecule has 0 amide bonds. The van der Waals surface area contributed by atoms with Gasteiger partial charge in [-0.25, -0.2) is 0 Å². The second-order valence-electron chi connectivity index (χ2n) is 5.69. The molecule has 0 aromatic heterocycles. The number of ether oxygens (including phenoxy) is 2. The molecule has 1 aromatic rings. The van der Waals surface area contributed by atoms with Crippen LogP contribution in [0.15, 0.2) is 18.2 Å². The SMILES string of the molecule is CC(CN1CCCCC1)C(=O)c1ccc2c(c1)OCO2.Cl. The lowest BCUT2D eigenvalue weighted by molar-refractivity contribution is 0.0883. The van der Waals surface area contributed by atoms with Crippen LogP contribution in [0.25, 0.3) is 0 Å². The number of carbonyl (C=O) groups is 1. The second-order valence-corrected chi connectivity index (χ2v) is 5.69. The fraction of sp³-hybridized carbons (Fsp3) is 0.562. The zero-order valence-electron chi connectivity index (χ0n) is 12.3. The fourth-order valence-corrected chi connectivity index (χ4v) is 2.95. The van der Waals surface area contributed by atoms with E-state index >= 15 is 0 Å². The topological polar surface area (TPSA) is 38.8 Å². The largest absolute Gasteiger partial charge is 0.454 e. The van der Waals surface area contributed by atoms with E-state index in [4.69, 9.17) is 9.47 Å². The van der Waals surface area contributed by atoms with Gasteiger partial charge in [-0.3, -0.25) is 4.79 Å². The molecule has 3 rings (SSSR count). The Morgan fingerprint density at radius 3 is 2.67 bits per heavy atom. The molecule has 0 radical (unpaired) electrons. The van der Waals surface area contributed by atoms with Gasteiger partial charge in [-0.2, -0.15) is 0 Å². The molecular formula is C16H22ClNO3. The third-order valence-electron chi connectivity index (χ3n) is 4.09. The number of rotatable bonds is 4. The van der Waals surface area contributed by atoms with Crippen LogP contribution in [0.2, 0.25) is 0 Å². The van der Waals surface area contributed by atoms with Gasteiger partial charge in [0.15, 0.2) is 17.3 Å². The van der Waals surface area contributed by atoms with Gasteiger partial charge in [-0.1, -0.05) is 13.3 Å². The molecule has 0 bridgehead atoms. The third-order valence-corrected chi connectivity index (χ3v) is 4.09. The third kappa shape index (κ3) is 3.69. The molecule has 1 atom stereocenters. The van der Waals surface area contributed by atoms with Gasteiger partial charge in [0.1, 0.15) is 0 Å². The number of nitrogens with zero attached hydrogens (tertiary/aromatic N) is 1. The van der Waals surface area contributed by atoms with Crippen LogP contribution in [0.5, 0.6) is 11.5 Å². The molecule has 0 spiro atoms. The Kier molecular flexibility index (Phi) is 5.48. The summed E-state index contributed by atoms with van der Waals surface area (Å²) in [7, 11) is 0. The van der Waals surface area contributed by atoms with Crippen molar-refractivity contribution in [2.24, 2.45) is 5.92 Å². The normalized spacial score (nSPS) is 18.9. The van der Waals surface area contributed by atoms with Crippen LogP contribution in [0.3, 0.4) is 0 Å². The van der Waals surface area contributed by atoms with Gasteiger partial charge >= 0.3 is 0 Å². The Labute approximate surface area is 131 Å². The zero-order chi connectivity index (χ0) is 13.9. The Morgan fingerprint density at radius 1 is 1.19 bits per heavy atom. The Morgan fingerprint density at radius 2 is 1.90 bits per heavy atom. The summed E-state index contributed by atoms with van der Waals surface area (Å²) in [5.41, 5.74) is 0.721. The molecule has 116 valence electrons. The van der Waals surface area contributed by atoms with Crippen LogP contribution in [0.1, 0.15) is 36.5 Å². The number of likely N-dealkylation sites (tertiary alicyclic amines) is 1. The number of carbonyl (C=O) groups excluding carboxylic acids is 1. The van der Waals surface area contributed by atoms with E-state index in [0.29, 0.717) is 5.75 Å². The average molecular weight is 312 g/mol. The molecule has 2 heterocycles. The number of piperidine rings is 1. The van der Waals surface area contributed by atoms with E-state index in [1.807, 2.05) is 19.1 Å². The summed E-state index contributed by atoms with van der Waals surface area (Å²) >= 11 is 0. The number of halogens is 1. The highest BCUT2D eigenvalue weighted by Gasteiger charge is 2.22. The molecule has 2 aliphatic heterocycles. The predicted molar refractivity (Wildman–Crippen MR) is 83.6 cm³/mol. The van der Waals surface area contributed by atoms with Crippen LogP contribution in [0, 0.1) is 5.92 Å². The minimum absolute atomic E-state index is 0. The minimum atomic E-state index is 0. The molecule has 1 saturated heterocycles. The van der Waals surface area contributed by atoms with Crippen molar-refractivity contribution >= 4 is 18.2 Å². The van der Waals surface area contributed by atoms with Crippen molar-refractivity contribution in [2.45, 2.75) is 26.2 Å². The number of benzene rings is 1. The Balaban J connectivity index is 0.00000161. The molecule has 1 fully saturated rings. The molecule has 2 aliphatic rings. The minimum Gasteiger partial charge on any atom is -0.454 e. The summed E-state index contributed by atoms with van der Waals surface area (Å²) in [5.74, 6) is 1.62. The van der Waals surface area contributed by atoms with Crippen LogP contribution >= 0.6 is 12.4 Å². The summed E-state index contributed by atoms with van der Waals surface area (Å²) in [4.78, 5) is 14.9. The number of fused-ring (bicyclic) bond motifs is 1. The standard InChI is InChI=1S/C16H21NO3.ClH/c1-12(10-17-7-3-2-4-8-17)16(18)13-5-6-14-15(9-13)20-11-19-14;/h5-6,9,12H,2-4,7-8,10-11H2,1H3;1H. The lowest BCUT2D eigenvalue weighted by Gasteiger charge is -2.28. The Hall–Kier alpha value is -1.26. The first kappa shape index (κ1) is 16.1. The summed E-state index contributed by atoms with van der Waals surface area (Å²) in [5, 5.41) is 0. The van der Waals surface area contributed by atoms with Gasteiger partial charge in [-0.15, -0.1) is 12.4 Å². The molecule has 0 aliphatic carbocycles. The van der Waals surface area contributed by atoms with Crippen LogP contribution < -0.4 is 9.47 Å². The van der Waals surface area contributed by atoms with Crippen molar-refractivity contribution in [2.75, 3.05) is 26.4 Å². The van der Waals surface area contributed by atoms with Gasteiger partial charge in [-0.05, 0) is 44.1 Å². The molecule has 4 nitrogen and oxygen atoms in total. The van der Waals surface area contributed by atoms with Crippen molar-refractivity contribution in [3.8, 4) is 11.5 Å². The maximum absolute atomic E-state index is 12.5. The molecule has 0 N–H and O–H groups in total. The lowest BCUT2D eigenvalue weighted by Crippen LogP contribution is -2.35. The number of Topliss-reactive ketones (excluding diaryl/α,β-unsaturated/α-hetero) is 1. The molecule has 1 unspecified atom stereocenters. The number of hydrogen-bond acceptors (Lipinski definition) is 4. The first-order valence-electron chi connectivity index (χ1n) is 7.40. The Bertz CT molecular complexity index is 500. The summed E-state index contributed by atoms with van der Waals surface area (Å²) in [6.07, 6.45) is 3.83. The van der Waals surface area contributed by atoms with E-state index < -0.39 is 0 Å². The summed E-state index contributed by atoms with van der Waals surface area (Å²) in [6.45, 7) is 5.36. The molecule has 5 heteroatoms. The molecule has 0 saturated carbocycles. The van der Waals surface area contributed by atoms with Crippen molar-refractivity contribution in [1.82, 2.24) is 4.90 Å². The van der Waals surface area contributed by atoms with E-state index in [0.717, 1.165) is 30.9 Å². The van der Waals surface area contributed by atoms with E-state index in [-0.39, 0.29) is 30.9 Å². The molecular weight excluding hydrogens is 290 g/mol. The highest BCUT2D eigenvalue weighted by atomic mass is 35.5. The van der Waals surface area contributed by atoms with Gasteiger partial charge in [0, 0.05) is 18.0 Å². The van der Waals surface area contributed by atoms with Gasteiger partial charge in [0.2, 0.25) is 6.79 Å².